The molecule has 0 saturated heterocycles. The number of thioether (sulfide) groups is 2. The molecule has 110 valence electrons. The van der Waals surface area contributed by atoms with Gasteiger partial charge in [-0.15, -0.1) is 23.5 Å². The molecule has 0 saturated carbocycles. The summed E-state index contributed by atoms with van der Waals surface area (Å²) in [5, 5.41) is 12.8. The number of carbonyl (C=O) groups excluding carboxylic acids is 1. The molecule has 0 radical (unpaired) electrons. The number of para-hydroxylation sites is 1. The number of rotatable bonds is 7. The van der Waals surface area contributed by atoms with Gasteiger partial charge in [-0.3, -0.25) is 4.79 Å². The number of benzene rings is 1. The van der Waals surface area contributed by atoms with Crippen molar-refractivity contribution in [3.05, 3.63) is 40.1 Å². The van der Waals surface area contributed by atoms with Gasteiger partial charge in [-0.25, -0.2) is 0 Å². The number of hydrogen-bond acceptors (Lipinski definition) is 4. The zero-order valence-electron chi connectivity index (χ0n) is 12.1. The fraction of sp³-hybridized carbons (Fsp3) is 0.400. The van der Waals surface area contributed by atoms with Gasteiger partial charge >= 0.3 is 0 Å². The summed E-state index contributed by atoms with van der Waals surface area (Å²) in [4.78, 5) is 12.4. The Morgan fingerprint density at radius 2 is 1.75 bits per heavy atom. The molecular weight excluding hydrogens is 290 g/mol. The van der Waals surface area contributed by atoms with Gasteiger partial charge in [0, 0.05) is 5.69 Å². The minimum Gasteiger partial charge on any atom is -0.388 e. The smallest absolute Gasteiger partial charge is 0.255 e. The number of nitrogens with one attached hydrogen (secondary N) is 1. The molecule has 0 heterocycles. The van der Waals surface area contributed by atoms with Gasteiger partial charge in [0.25, 0.3) is 5.91 Å². The van der Waals surface area contributed by atoms with E-state index in [1.54, 1.807) is 30.4 Å². The molecule has 20 heavy (non-hydrogen) atoms. The Balaban J connectivity index is 2.99. The van der Waals surface area contributed by atoms with E-state index in [-0.39, 0.29) is 5.91 Å². The Kier molecular flexibility index (Phi) is 7.80. The summed E-state index contributed by atoms with van der Waals surface area (Å²) in [6.45, 7) is 5.71. The van der Waals surface area contributed by atoms with Gasteiger partial charge in [-0.05, 0) is 30.6 Å². The van der Waals surface area contributed by atoms with Crippen molar-refractivity contribution in [2.45, 2.75) is 26.9 Å². The van der Waals surface area contributed by atoms with Crippen molar-refractivity contribution in [3.8, 4) is 0 Å². The van der Waals surface area contributed by atoms with Crippen LogP contribution in [0.25, 0.3) is 0 Å². The molecule has 0 fully saturated rings. The van der Waals surface area contributed by atoms with Crippen LogP contribution in [0, 0.1) is 0 Å². The van der Waals surface area contributed by atoms with E-state index >= 15 is 0 Å². The van der Waals surface area contributed by atoms with Crippen LogP contribution in [0.1, 0.15) is 20.8 Å². The molecule has 2 N–H and O–H groups in total. The van der Waals surface area contributed by atoms with Crippen molar-refractivity contribution < 1.29 is 9.90 Å². The fourth-order valence-corrected chi connectivity index (χ4v) is 4.03. The van der Waals surface area contributed by atoms with Crippen LogP contribution >= 0.6 is 23.5 Å². The van der Waals surface area contributed by atoms with E-state index < -0.39 is 6.10 Å². The Morgan fingerprint density at radius 3 is 2.20 bits per heavy atom. The summed E-state index contributed by atoms with van der Waals surface area (Å²) >= 11 is 3.20. The first-order chi connectivity index (χ1) is 9.60. The molecule has 0 aliphatic heterocycles. The molecule has 0 bridgehead atoms. The molecule has 1 aromatic rings. The maximum Gasteiger partial charge on any atom is 0.255 e. The Morgan fingerprint density at radius 1 is 1.20 bits per heavy atom. The second-order valence-corrected chi connectivity index (χ2v) is 6.87. The molecule has 1 aromatic carbocycles. The van der Waals surface area contributed by atoms with Gasteiger partial charge < -0.3 is 10.4 Å². The van der Waals surface area contributed by atoms with Crippen molar-refractivity contribution >= 4 is 35.1 Å². The second kappa shape index (κ2) is 9.10. The van der Waals surface area contributed by atoms with Crippen molar-refractivity contribution in [2.75, 3.05) is 16.8 Å². The first-order valence-electron chi connectivity index (χ1n) is 6.64. The van der Waals surface area contributed by atoms with E-state index in [0.29, 0.717) is 5.57 Å². The van der Waals surface area contributed by atoms with E-state index in [9.17, 15) is 9.90 Å². The van der Waals surface area contributed by atoms with E-state index in [0.717, 1.165) is 21.4 Å². The molecule has 1 amide bonds. The average Bonchev–Trinajstić information content (AvgIpc) is 2.40. The Labute approximate surface area is 129 Å². The minimum atomic E-state index is -0.785. The van der Waals surface area contributed by atoms with Crippen molar-refractivity contribution in [3.63, 3.8) is 0 Å². The van der Waals surface area contributed by atoms with E-state index in [2.05, 4.69) is 5.32 Å². The molecule has 0 spiro atoms. The van der Waals surface area contributed by atoms with Crippen LogP contribution in [0.2, 0.25) is 0 Å². The first kappa shape index (κ1) is 17.1. The highest BCUT2D eigenvalue weighted by molar-refractivity contribution is 8.22. The van der Waals surface area contributed by atoms with Gasteiger partial charge in [-0.1, -0.05) is 32.0 Å². The van der Waals surface area contributed by atoms with Gasteiger partial charge in [-0.2, -0.15) is 0 Å². The molecule has 0 aliphatic carbocycles. The van der Waals surface area contributed by atoms with Crippen LogP contribution in [-0.2, 0) is 4.79 Å². The largest absolute Gasteiger partial charge is 0.388 e. The molecule has 0 aromatic heterocycles. The normalized spacial score (nSPS) is 11.8. The van der Waals surface area contributed by atoms with E-state index in [4.69, 9.17) is 0 Å². The lowest BCUT2D eigenvalue weighted by atomic mass is 10.1. The fourth-order valence-electron chi connectivity index (χ4n) is 1.63. The summed E-state index contributed by atoms with van der Waals surface area (Å²) in [5.74, 6) is 1.51. The number of aliphatic hydroxyl groups is 1. The highest BCUT2D eigenvalue weighted by atomic mass is 32.2. The maximum absolute atomic E-state index is 12.4. The lowest BCUT2D eigenvalue weighted by Crippen LogP contribution is -2.23. The number of amides is 1. The summed E-state index contributed by atoms with van der Waals surface area (Å²) in [5.41, 5.74) is 1.19. The molecule has 1 rings (SSSR count). The Bertz CT molecular complexity index is 450. The maximum atomic E-state index is 12.4. The lowest BCUT2D eigenvalue weighted by molar-refractivity contribution is -0.113. The summed E-state index contributed by atoms with van der Waals surface area (Å²) in [6.07, 6.45) is -0.785. The van der Waals surface area contributed by atoms with Crippen molar-refractivity contribution in [1.29, 1.82) is 0 Å². The second-order valence-electron chi connectivity index (χ2n) is 4.06. The predicted molar refractivity (Wildman–Crippen MR) is 90.0 cm³/mol. The quantitative estimate of drug-likeness (QED) is 0.753. The molecule has 3 nitrogen and oxygen atoms in total. The summed E-state index contributed by atoms with van der Waals surface area (Å²) < 4.78 is 0.901. The van der Waals surface area contributed by atoms with Crippen LogP contribution in [0.5, 0.6) is 0 Å². The number of anilines is 1. The first-order valence-corrected chi connectivity index (χ1v) is 8.61. The van der Waals surface area contributed by atoms with Crippen molar-refractivity contribution in [1.82, 2.24) is 0 Å². The lowest BCUT2D eigenvalue weighted by Gasteiger charge is -2.16. The molecule has 1 atom stereocenters. The van der Waals surface area contributed by atoms with Crippen molar-refractivity contribution in [2.24, 2.45) is 0 Å². The van der Waals surface area contributed by atoms with E-state index in [1.165, 1.54) is 0 Å². The molecule has 0 aliphatic rings. The average molecular weight is 311 g/mol. The van der Waals surface area contributed by atoms with Gasteiger partial charge in [0.2, 0.25) is 0 Å². The van der Waals surface area contributed by atoms with Crippen LogP contribution in [-0.4, -0.2) is 28.6 Å². The van der Waals surface area contributed by atoms with Crippen LogP contribution in [0.3, 0.4) is 0 Å². The molecule has 1 unspecified atom stereocenters. The predicted octanol–water partition coefficient (Wildman–Crippen LogP) is 3.72. The third-order valence-corrected chi connectivity index (χ3v) is 4.71. The highest BCUT2D eigenvalue weighted by Crippen LogP contribution is 2.33. The summed E-state index contributed by atoms with van der Waals surface area (Å²) in [6, 6.07) is 9.29. The highest BCUT2D eigenvalue weighted by Gasteiger charge is 2.20. The Hall–Kier alpha value is -0.910. The zero-order chi connectivity index (χ0) is 15.0. The van der Waals surface area contributed by atoms with Crippen LogP contribution < -0.4 is 5.32 Å². The van der Waals surface area contributed by atoms with Gasteiger partial charge in [0.15, 0.2) is 0 Å². The third-order valence-electron chi connectivity index (χ3n) is 2.46. The van der Waals surface area contributed by atoms with Gasteiger partial charge in [0.1, 0.15) is 0 Å². The molecular formula is C15H21NO2S2. The van der Waals surface area contributed by atoms with Gasteiger partial charge in [0.05, 0.1) is 15.9 Å². The van der Waals surface area contributed by atoms with E-state index in [1.807, 2.05) is 44.2 Å². The van der Waals surface area contributed by atoms with Crippen LogP contribution in [0.15, 0.2) is 40.1 Å². The number of hydrogen-bond donors (Lipinski definition) is 2. The standard InChI is InChI=1S/C15H21NO2S2/c1-4-19-15(20-5-2)13(11(3)17)14(18)16-12-9-7-6-8-10-12/h6-11,17H,4-5H2,1-3H3,(H,16,18). The summed E-state index contributed by atoms with van der Waals surface area (Å²) in [7, 11) is 0. The topological polar surface area (TPSA) is 49.3 Å². The third kappa shape index (κ3) is 5.23. The molecule has 5 heteroatoms. The zero-order valence-corrected chi connectivity index (χ0v) is 13.7. The SMILES string of the molecule is CCSC(SCC)=C(C(=O)Nc1ccccc1)C(C)O. The monoisotopic (exact) mass is 311 g/mol. The minimum absolute atomic E-state index is 0.233. The van der Waals surface area contributed by atoms with Crippen LogP contribution in [0.4, 0.5) is 5.69 Å². The number of carbonyl (C=O) groups is 1. The number of aliphatic hydroxyl groups excluding tert-OH is 1.